The highest BCUT2D eigenvalue weighted by Gasteiger charge is 2.41. The third-order valence-electron chi connectivity index (χ3n) is 5.19. The van der Waals surface area contributed by atoms with Crippen LogP contribution in [0.1, 0.15) is 40.2 Å². The average Bonchev–Trinajstić information content (AvgIpc) is 3.21. The summed E-state index contributed by atoms with van der Waals surface area (Å²) < 4.78 is 17.9. The molecule has 4 heteroatoms. The van der Waals surface area contributed by atoms with Crippen LogP contribution in [-0.2, 0) is 4.74 Å². The first-order valence-electron chi connectivity index (χ1n) is 9.63. The van der Waals surface area contributed by atoms with Gasteiger partial charge in [0.2, 0.25) is 5.89 Å². The summed E-state index contributed by atoms with van der Waals surface area (Å²) in [6.45, 7) is 11.8. The Balaban J connectivity index is 1.92. The van der Waals surface area contributed by atoms with E-state index in [2.05, 4.69) is 39.6 Å². The maximum atomic E-state index is 6.20. The SMILES string of the molecule is COc1cc(C2=C(C(C)(C)C)C(C)(C)CO2)cc2oc(-c3ccccc3)nc12. The number of oxazole rings is 1. The summed E-state index contributed by atoms with van der Waals surface area (Å²) in [5, 5.41) is 0. The summed E-state index contributed by atoms with van der Waals surface area (Å²) in [4.78, 5) is 4.67. The van der Waals surface area contributed by atoms with E-state index in [4.69, 9.17) is 13.9 Å². The van der Waals surface area contributed by atoms with Crippen LogP contribution < -0.4 is 4.74 Å². The lowest BCUT2D eigenvalue weighted by Crippen LogP contribution is -2.24. The molecule has 2 heterocycles. The number of fused-ring (bicyclic) bond motifs is 1. The van der Waals surface area contributed by atoms with E-state index in [0.29, 0.717) is 23.8 Å². The van der Waals surface area contributed by atoms with Crippen molar-refractivity contribution in [3.05, 3.63) is 53.6 Å². The maximum absolute atomic E-state index is 6.20. The molecule has 0 bridgehead atoms. The van der Waals surface area contributed by atoms with Gasteiger partial charge >= 0.3 is 0 Å². The molecule has 1 aliphatic heterocycles. The number of aromatic nitrogens is 1. The third kappa shape index (κ3) is 3.07. The summed E-state index contributed by atoms with van der Waals surface area (Å²) >= 11 is 0. The maximum Gasteiger partial charge on any atom is 0.227 e. The average molecular weight is 377 g/mol. The monoisotopic (exact) mass is 377 g/mol. The van der Waals surface area contributed by atoms with E-state index in [1.165, 1.54) is 5.57 Å². The van der Waals surface area contributed by atoms with E-state index in [0.717, 1.165) is 22.4 Å². The van der Waals surface area contributed by atoms with Crippen LogP contribution in [0.15, 0.2) is 52.5 Å². The highest BCUT2D eigenvalue weighted by Crippen LogP contribution is 2.50. The van der Waals surface area contributed by atoms with Crippen LogP contribution in [0.5, 0.6) is 5.75 Å². The van der Waals surface area contributed by atoms with Crippen molar-refractivity contribution in [3.63, 3.8) is 0 Å². The van der Waals surface area contributed by atoms with E-state index in [1.54, 1.807) is 7.11 Å². The smallest absolute Gasteiger partial charge is 0.227 e. The Bertz CT molecular complexity index is 1050. The van der Waals surface area contributed by atoms with E-state index < -0.39 is 0 Å². The van der Waals surface area contributed by atoms with Crippen LogP contribution in [-0.4, -0.2) is 18.7 Å². The molecule has 0 fully saturated rings. The fourth-order valence-corrected chi connectivity index (χ4v) is 4.28. The van der Waals surface area contributed by atoms with Crippen molar-refractivity contribution in [2.75, 3.05) is 13.7 Å². The molecular weight excluding hydrogens is 350 g/mol. The summed E-state index contributed by atoms with van der Waals surface area (Å²) in [5.74, 6) is 2.20. The zero-order valence-electron chi connectivity index (χ0n) is 17.4. The summed E-state index contributed by atoms with van der Waals surface area (Å²) in [6.07, 6.45) is 0. The van der Waals surface area contributed by atoms with Crippen molar-refractivity contribution in [2.45, 2.75) is 34.6 Å². The summed E-state index contributed by atoms with van der Waals surface area (Å²) in [7, 11) is 1.66. The highest BCUT2D eigenvalue weighted by atomic mass is 16.5. The predicted octanol–water partition coefficient (Wildman–Crippen LogP) is 6.32. The van der Waals surface area contributed by atoms with Crippen LogP contribution in [0, 0.1) is 10.8 Å². The van der Waals surface area contributed by atoms with E-state index in [-0.39, 0.29) is 10.8 Å². The van der Waals surface area contributed by atoms with Crippen molar-refractivity contribution < 1.29 is 13.9 Å². The molecule has 1 aliphatic rings. The first-order chi connectivity index (χ1) is 13.2. The van der Waals surface area contributed by atoms with Gasteiger partial charge in [0, 0.05) is 16.5 Å². The molecule has 0 N–H and O–H groups in total. The van der Waals surface area contributed by atoms with Gasteiger partial charge in [-0.05, 0) is 35.3 Å². The second kappa shape index (κ2) is 6.40. The second-order valence-electron chi connectivity index (χ2n) is 9.04. The number of methoxy groups -OCH3 is 1. The molecule has 2 aromatic carbocycles. The van der Waals surface area contributed by atoms with Gasteiger partial charge < -0.3 is 13.9 Å². The van der Waals surface area contributed by atoms with Crippen molar-refractivity contribution in [3.8, 4) is 17.2 Å². The number of rotatable bonds is 3. The van der Waals surface area contributed by atoms with Gasteiger partial charge in [-0.25, -0.2) is 4.98 Å². The summed E-state index contributed by atoms with van der Waals surface area (Å²) in [6, 6.07) is 13.9. The van der Waals surface area contributed by atoms with Gasteiger partial charge in [0.15, 0.2) is 11.1 Å². The molecule has 0 saturated carbocycles. The minimum atomic E-state index is -0.0214. The molecule has 0 aliphatic carbocycles. The first-order valence-corrected chi connectivity index (χ1v) is 9.63. The van der Waals surface area contributed by atoms with Gasteiger partial charge in [0.25, 0.3) is 0 Å². The topological polar surface area (TPSA) is 44.5 Å². The van der Waals surface area contributed by atoms with Crippen molar-refractivity contribution >= 4 is 16.9 Å². The first kappa shape index (κ1) is 18.6. The Morgan fingerprint density at radius 3 is 2.39 bits per heavy atom. The number of hydrogen-bond donors (Lipinski definition) is 0. The normalized spacial score (nSPS) is 16.5. The third-order valence-corrected chi connectivity index (χ3v) is 5.19. The Kier molecular flexibility index (Phi) is 4.25. The van der Waals surface area contributed by atoms with E-state index in [1.807, 2.05) is 42.5 Å². The lowest BCUT2D eigenvalue weighted by Gasteiger charge is -2.30. The zero-order valence-corrected chi connectivity index (χ0v) is 17.4. The van der Waals surface area contributed by atoms with Gasteiger partial charge in [-0.3, -0.25) is 0 Å². The zero-order chi connectivity index (χ0) is 20.1. The van der Waals surface area contributed by atoms with Crippen molar-refractivity contribution in [2.24, 2.45) is 10.8 Å². The van der Waals surface area contributed by atoms with Crippen molar-refractivity contribution in [1.82, 2.24) is 4.98 Å². The summed E-state index contributed by atoms with van der Waals surface area (Å²) in [5.41, 5.74) is 4.61. The fraction of sp³-hybridized carbons (Fsp3) is 0.375. The lowest BCUT2D eigenvalue weighted by atomic mass is 9.71. The van der Waals surface area contributed by atoms with Crippen LogP contribution in [0.25, 0.3) is 28.3 Å². The number of benzene rings is 2. The van der Waals surface area contributed by atoms with Crippen LogP contribution in [0.2, 0.25) is 0 Å². The number of ether oxygens (including phenoxy) is 2. The molecule has 146 valence electrons. The standard InChI is InChI=1S/C24H27NO3/c1-23(2,3)21-20(27-14-24(21,4)5)16-12-17(26-6)19-18(13-16)28-22(25-19)15-10-8-7-9-11-15/h7-13H,14H2,1-6H3. The van der Waals surface area contributed by atoms with E-state index in [9.17, 15) is 0 Å². The lowest BCUT2D eigenvalue weighted by molar-refractivity contribution is 0.213. The van der Waals surface area contributed by atoms with Gasteiger partial charge in [-0.1, -0.05) is 52.8 Å². The van der Waals surface area contributed by atoms with Crippen LogP contribution >= 0.6 is 0 Å². The fourth-order valence-electron chi connectivity index (χ4n) is 4.28. The highest BCUT2D eigenvalue weighted by molar-refractivity contribution is 5.87. The van der Waals surface area contributed by atoms with Crippen molar-refractivity contribution in [1.29, 1.82) is 0 Å². The molecule has 4 nitrogen and oxygen atoms in total. The number of nitrogens with zero attached hydrogens (tertiary/aromatic N) is 1. The molecule has 0 saturated heterocycles. The van der Waals surface area contributed by atoms with Crippen LogP contribution in [0.3, 0.4) is 0 Å². The quantitative estimate of drug-likeness (QED) is 0.536. The molecule has 0 atom stereocenters. The minimum absolute atomic E-state index is 0.00581. The Morgan fingerprint density at radius 2 is 1.75 bits per heavy atom. The molecule has 1 aromatic heterocycles. The Hall–Kier alpha value is -2.75. The molecule has 4 rings (SSSR count). The van der Waals surface area contributed by atoms with Gasteiger partial charge in [-0.2, -0.15) is 0 Å². The Morgan fingerprint density at radius 1 is 1.04 bits per heavy atom. The van der Waals surface area contributed by atoms with Crippen LogP contribution in [0.4, 0.5) is 0 Å². The minimum Gasteiger partial charge on any atom is -0.494 e. The molecule has 3 aromatic rings. The number of hydrogen-bond acceptors (Lipinski definition) is 4. The van der Waals surface area contributed by atoms with Gasteiger partial charge in [0.05, 0.1) is 13.7 Å². The van der Waals surface area contributed by atoms with Gasteiger partial charge in [0.1, 0.15) is 11.5 Å². The molecule has 0 unspecified atom stereocenters. The molecule has 28 heavy (non-hydrogen) atoms. The predicted molar refractivity (Wildman–Crippen MR) is 112 cm³/mol. The molecular formula is C24H27NO3. The molecule has 0 radical (unpaired) electrons. The van der Waals surface area contributed by atoms with Gasteiger partial charge in [-0.15, -0.1) is 0 Å². The molecule has 0 amide bonds. The largest absolute Gasteiger partial charge is 0.494 e. The Labute approximate surface area is 166 Å². The molecule has 0 spiro atoms. The second-order valence-corrected chi connectivity index (χ2v) is 9.04. The van der Waals surface area contributed by atoms with E-state index >= 15 is 0 Å².